The summed E-state index contributed by atoms with van der Waals surface area (Å²) < 4.78 is 5.20. The van der Waals surface area contributed by atoms with Crippen LogP contribution in [0.3, 0.4) is 0 Å². The molecule has 138 valence electrons. The first kappa shape index (κ1) is 18.5. The van der Waals surface area contributed by atoms with Gasteiger partial charge in [0.2, 0.25) is 5.91 Å². The molecule has 3 rings (SSSR count). The van der Waals surface area contributed by atoms with Crippen LogP contribution in [0.15, 0.2) is 47.1 Å². The Hall–Kier alpha value is -2.27. The molecule has 6 heteroatoms. The molecule has 1 fully saturated rings. The van der Waals surface area contributed by atoms with Crippen molar-refractivity contribution >= 4 is 23.4 Å². The standard InChI is InChI=1S/C20H23ClN2O3/c21-17-7-2-1-6-16(17)13-22-19(24)10-9-15-5-3-11-23(14-15)20(25)18-8-4-12-26-18/h1-2,4,6-8,12,15H,3,5,9-11,13-14H2,(H,22,24). The highest BCUT2D eigenvalue weighted by Crippen LogP contribution is 2.22. The summed E-state index contributed by atoms with van der Waals surface area (Å²) in [6, 6.07) is 10.9. The maximum Gasteiger partial charge on any atom is 0.289 e. The van der Waals surface area contributed by atoms with E-state index in [1.165, 1.54) is 6.26 Å². The lowest BCUT2D eigenvalue weighted by molar-refractivity contribution is -0.121. The lowest BCUT2D eigenvalue weighted by Gasteiger charge is -2.32. The summed E-state index contributed by atoms with van der Waals surface area (Å²) in [5.41, 5.74) is 0.912. The summed E-state index contributed by atoms with van der Waals surface area (Å²) >= 11 is 6.10. The average Bonchev–Trinajstić information content (AvgIpc) is 3.20. The molecule has 1 aliphatic rings. The zero-order valence-corrected chi connectivity index (χ0v) is 15.4. The maximum atomic E-state index is 12.4. The lowest BCUT2D eigenvalue weighted by atomic mass is 9.93. The summed E-state index contributed by atoms with van der Waals surface area (Å²) in [6.45, 7) is 1.86. The van der Waals surface area contributed by atoms with Gasteiger partial charge in [0.25, 0.3) is 5.91 Å². The molecule has 26 heavy (non-hydrogen) atoms. The first-order valence-electron chi connectivity index (χ1n) is 8.96. The van der Waals surface area contributed by atoms with Crippen molar-refractivity contribution in [2.75, 3.05) is 13.1 Å². The minimum absolute atomic E-state index is 0.0133. The van der Waals surface area contributed by atoms with Crippen LogP contribution in [0.25, 0.3) is 0 Å². The number of piperidine rings is 1. The molecule has 0 aliphatic carbocycles. The summed E-state index contributed by atoms with van der Waals surface area (Å²) in [5, 5.41) is 3.58. The molecular formula is C20H23ClN2O3. The summed E-state index contributed by atoms with van der Waals surface area (Å²) in [5.74, 6) is 0.666. The monoisotopic (exact) mass is 374 g/mol. The van der Waals surface area contributed by atoms with Crippen molar-refractivity contribution in [3.63, 3.8) is 0 Å². The van der Waals surface area contributed by atoms with Crippen LogP contribution in [-0.4, -0.2) is 29.8 Å². The van der Waals surface area contributed by atoms with Gasteiger partial charge in [-0.2, -0.15) is 0 Å². The number of hydrogen-bond donors (Lipinski definition) is 1. The van der Waals surface area contributed by atoms with Gasteiger partial charge in [-0.15, -0.1) is 0 Å². The number of rotatable bonds is 6. The quantitative estimate of drug-likeness (QED) is 0.834. The molecule has 1 N–H and O–H groups in total. The molecule has 0 saturated carbocycles. The Kier molecular flexibility index (Phi) is 6.34. The molecule has 1 saturated heterocycles. The van der Waals surface area contributed by atoms with Crippen LogP contribution in [0.2, 0.25) is 5.02 Å². The van der Waals surface area contributed by atoms with Gasteiger partial charge in [0.05, 0.1) is 6.26 Å². The predicted molar refractivity (Wildman–Crippen MR) is 99.9 cm³/mol. The van der Waals surface area contributed by atoms with Crippen molar-refractivity contribution < 1.29 is 14.0 Å². The first-order valence-corrected chi connectivity index (χ1v) is 9.34. The van der Waals surface area contributed by atoms with Crippen LogP contribution in [0, 0.1) is 5.92 Å². The molecule has 0 radical (unpaired) electrons. The number of likely N-dealkylation sites (tertiary alicyclic amines) is 1. The molecule has 2 amide bonds. The van der Waals surface area contributed by atoms with E-state index in [0.29, 0.717) is 36.2 Å². The van der Waals surface area contributed by atoms with Crippen molar-refractivity contribution in [3.05, 3.63) is 59.0 Å². The van der Waals surface area contributed by atoms with E-state index < -0.39 is 0 Å². The van der Waals surface area contributed by atoms with Crippen molar-refractivity contribution in [1.29, 1.82) is 0 Å². The van der Waals surface area contributed by atoms with Gasteiger partial charge in [-0.05, 0) is 48.9 Å². The Morgan fingerprint density at radius 2 is 2.08 bits per heavy atom. The molecule has 1 unspecified atom stereocenters. The van der Waals surface area contributed by atoms with E-state index in [4.69, 9.17) is 16.0 Å². The average molecular weight is 375 g/mol. The Morgan fingerprint density at radius 1 is 1.23 bits per heavy atom. The second-order valence-corrected chi connectivity index (χ2v) is 7.05. The zero-order chi connectivity index (χ0) is 18.4. The van der Waals surface area contributed by atoms with E-state index in [0.717, 1.165) is 31.4 Å². The van der Waals surface area contributed by atoms with Gasteiger partial charge in [0, 0.05) is 31.1 Å². The van der Waals surface area contributed by atoms with Crippen LogP contribution < -0.4 is 5.32 Å². The van der Waals surface area contributed by atoms with Gasteiger partial charge in [-0.1, -0.05) is 29.8 Å². The minimum atomic E-state index is -0.0668. The smallest absolute Gasteiger partial charge is 0.289 e. The molecular weight excluding hydrogens is 352 g/mol. The van der Waals surface area contributed by atoms with E-state index in [1.807, 2.05) is 29.2 Å². The molecule has 1 aliphatic heterocycles. The van der Waals surface area contributed by atoms with E-state index in [2.05, 4.69) is 5.32 Å². The normalized spacial score (nSPS) is 17.1. The third-order valence-electron chi connectivity index (χ3n) is 4.75. The van der Waals surface area contributed by atoms with Gasteiger partial charge in [-0.3, -0.25) is 9.59 Å². The highest BCUT2D eigenvalue weighted by molar-refractivity contribution is 6.31. The van der Waals surface area contributed by atoms with E-state index in [9.17, 15) is 9.59 Å². The molecule has 2 aromatic rings. The Bertz CT molecular complexity index is 745. The third kappa shape index (κ3) is 4.88. The summed E-state index contributed by atoms with van der Waals surface area (Å²) in [4.78, 5) is 26.3. The number of carbonyl (C=O) groups excluding carboxylic acids is 2. The number of amides is 2. The lowest BCUT2D eigenvalue weighted by Crippen LogP contribution is -2.40. The second kappa shape index (κ2) is 8.90. The number of hydrogen-bond acceptors (Lipinski definition) is 3. The first-order chi connectivity index (χ1) is 12.6. The van der Waals surface area contributed by atoms with Crippen LogP contribution in [0.4, 0.5) is 0 Å². The SMILES string of the molecule is O=C(CCC1CCCN(C(=O)c2ccco2)C1)NCc1ccccc1Cl. The Labute approximate surface area is 158 Å². The fourth-order valence-electron chi connectivity index (χ4n) is 3.30. The van der Waals surface area contributed by atoms with Gasteiger partial charge in [0.15, 0.2) is 5.76 Å². The van der Waals surface area contributed by atoms with E-state index in [-0.39, 0.29) is 11.8 Å². The molecule has 1 aromatic heterocycles. The summed E-state index contributed by atoms with van der Waals surface area (Å²) in [7, 11) is 0. The molecule has 5 nitrogen and oxygen atoms in total. The van der Waals surface area contributed by atoms with E-state index in [1.54, 1.807) is 12.1 Å². The fourth-order valence-corrected chi connectivity index (χ4v) is 3.50. The van der Waals surface area contributed by atoms with Gasteiger partial charge in [0.1, 0.15) is 0 Å². The molecule has 1 aromatic carbocycles. The number of carbonyl (C=O) groups is 2. The number of furan rings is 1. The molecule has 0 spiro atoms. The third-order valence-corrected chi connectivity index (χ3v) is 5.12. The van der Waals surface area contributed by atoms with Crippen LogP contribution >= 0.6 is 11.6 Å². The van der Waals surface area contributed by atoms with Crippen LogP contribution in [0.1, 0.15) is 41.8 Å². The summed E-state index contributed by atoms with van der Waals surface area (Å²) in [6.07, 6.45) is 4.74. The van der Waals surface area contributed by atoms with Gasteiger partial charge >= 0.3 is 0 Å². The number of nitrogens with zero attached hydrogens (tertiary/aromatic N) is 1. The number of nitrogens with one attached hydrogen (secondary N) is 1. The number of benzene rings is 1. The highest BCUT2D eigenvalue weighted by Gasteiger charge is 2.26. The van der Waals surface area contributed by atoms with Crippen LogP contribution in [0.5, 0.6) is 0 Å². The second-order valence-electron chi connectivity index (χ2n) is 6.64. The predicted octanol–water partition coefficient (Wildman–Crippen LogP) is 3.88. The minimum Gasteiger partial charge on any atom is -0.459 e. The van der Waals surface area contributed by atoms with Crippen LogP contribution in [-0.2, 0) is 11.3 Å². The Morgan fingerprint density at radius 3 is 2.85 bits per heavy atom. The number of halogens is 1. The highest BCUT2D eigenvalue weighted by atomic mass is 35.5. The van der Waals surface area contributed by atoms with E-state index >= 15 is 0 Å². The topological polar surface area (TPSA) is 62.6 Å². The molecule has 0 bridgehead atoms. The van der Waals surface area contributed by atoms with Gasteiger partial charge in [-0.25, -0.2) is 0 Å². The maximum absolute atomic E-state index is 12.4. The van der Waals surface area contributed by atoms with Gasteiger partial charge < -0.3 is 14.6 Å². The fraction of sp³-hybridized carbons (Fsp3) is 0.400. The Balaban J connectivity index is 1.43. The molecule has 1 atom stereocenters. The van der Waals surface area contributed by atoms with Crippen molar-refractivity contribution in [2.45, 2.75) is 32.2 Å². The largest absolute Gasteiger partial charge is 0.459 e. The molecule has 2 heterocycles. The van der Waals surface area contributed by atoms with Crippen molar-refractivity contribution in [1.82, 2.24) is 10.2 Å². The van der Waals surface area contributed by atoms with Crippen molar-refractivity contribution in [3.8, 4) is 0 Å². The zero-order valence-electron chi connectivity index (χ0n) is 14.6. The van der Waals surface area contributed by atoms with Crippen molar-refractivity contribution in [2.24, 2.45) is 5.92 Å².